The zero-order chi connectivity index (χ0) is 16.9. The molecule has 1 fully saturated rings. The molecular weight excluding hydrogens is 302 g/mol. The highest BCUT2D eigenvalue weighted by Crippen LogP contribution is 2.25. The Balaban J connectivity index is 1.75. The van der Waals surface area contributed by atoms with Crippen LogP contribution in [0.25, 0.3) is 0 Å². The molecule has 3 rings (SSSR count). The predicted molar refractivity (Wildman–Crippen MR) is 99.0 cm³/mol. The number of nitrogens with one attached hydrogen (secondary N) is 1. The van der Waals surface area contributed by atoms with Crippen LogP contribution in [0.15, 0.2) is 50.7 Å². The summed E-state index contributed by atoms with van der Waals surface area (Å²) in [5.74, 6) is 1.09. The van der Waals surface area contributed by atoms with Crippen molar-refractivity contribution < 1.29 is 4.74 Å². The minimum atomic E-state index is 0.307. The molecule has 0 aromatic heterocycles. The highest BCUT2D eigenvalue weighted by Gasteiger charge is 2.25. The van der Waals surface area contributed by atoms with Crippen LogP contribution in [0, 0.1) is 5.92 Å². The van der Waals surface area contributed by atoms with E-state index in [2.05, 4.69) is 49.5 Å². The number of hydrogen-bond donors (Lipinski definition) is 1. The molecule has 1 saturated heterocycles. The van der Waals surface area contributed by atoms with E-state index in [0.29, 0.717) is 5.92 Å². The minimum absolute atomic E-state index is 0.307. The summed E-state index contributed by atoms with van der Waals surface area (Å²) in [6, 6.07) is 0. The van der Waals surface area contributed by atoms with Crippen LogP contribution < -0.4 is 5.32 Å². The zero-order valence-corrected chi connectivity index (χ0v) is 14.6. The summed E-state index contributed by atoms with van der Waals surface area (Å²) >= 11 is 0. The van der Waals surface area contributed by atoms with Crippen LogP contribution in [0.4, 0.5) is 0 Å². The largest absolute Gasteiger partial charge is 0.378 e. The lowest BCUT2D eigenvalue weighted by Gasteiger charge is -2.32. The standard InChI is InChI=1S/C18H25N5O/c1-19-16-12-15(22-18(21-3)17(16)20-2)13-4-6-14(7-5-13)23-8-10-24-11-9-23/h4,6-7,12-13H,5,8-11H2,1-3H3,(H,21,22). The van der Waals surface area contributed by atoms with E-state index in [1.807, 2.05) is 0 Å². The molecule has 0 aromatic carbocycles. The van der Waals surface area contributed by atoms with Crippen molar-refractivity contribution in [2.45, 2.75) is 6.42 Å². The van der Waals surface area contributed by atoms with Gasteiger partial charge in [0, 0.05) is 51.5 Å². The second-order valence-electron chi connectivity index (χ2n) is 5.91. The number of amidine groups is 1. The average molecular weight is 327 g/mol. The first kappa shape index (κ1) is 16.6. The van der Waals surface area contributed by atoms with Crippen molar-refractivity contribution in [2.24, 2.45) is 20.9 Å². The molecule has 1 N–H and O–H groups in total. The maximum atomic E-state index is 5.43. The number of allylic oxidation sites excluding steroid dienone is 4. The van der Waals surface area contributed by atoms with Crippen molar-refractivity contribution in [3.05, 3.63) is 35.7 Å². The molecule has 0 aromatic rings. The van der Waals surface area contributed by atoms with Gasteiger partial charge in [-0.2, -0.15) is 0 Å². The van der Waals surface area contributed by atoms with E-state index in [4.69, 9.17) is 4.74 Å². The topological polar surface area (TPSA) is 61.6 Å². The quantitative estimate of drug-likeness (QED) is 0.835. The van der Waals surface area contributed by atoms with Gasteiger partial charge in [0.2, 0.25) is 0 Å². The zero-order valence-electron chi connectivity index (χ0n) is 14.6. The predicted octanol–water partition coefficient (Wildman–Crippen LogP) is 1.44. The molecule has 6 nitrogen and oxygen atoms in total. The molecule has 24 heavy (non-hydrogen) atoms. The lowest BCUT2D eigenvalue weighted by molar-refractivity contribution is 0.0550. The van der Waals surface area contributed by atoms with Crippen molar-refractivity contribution in [3.63, 3.8) is 0 Å². The molecule has 1 aliphatic carbocycles. The van der Waals surface area contributed by atoms with E-state index in [1.165, 1.54) is 5.70 Å². The highest BCUT2D eigenvalue weighted by atomic mass is 16.5. The monoisotopic (exact) mass is 327 g/mol. The molecule has 128 valence electrons. The smallest absolute Gasteiger partial charge is 0.153 e. The SMILES string of the molecule is CN=C1C=C(C2C=CC(N3CCOCC3)=CC2)NC(=NC)C1=NC. The van der Waals surface area contributed by atoms with Gasteiger partial charge in [-0.1, -0.05) is 12.2 Å². The van der Waals surface area contributed by atoms with Gasteiger partial charge in [0.05, 0.1) is 18.9 Å². The molecule has 0 saturated carbocycles. The Morgan fingerprint density at radius 1 is 1.12 bits per heavy atom. The summed E-state index contributed by atoms with van der Waals surface area (Å²) in [5, 5.41) is 3.42. The number of aliphatic imine (C=N–C) groups is 3. The third kappa shape index (κ3) is 3.33. The van der Waals surface area contributed by atoms with E-state index in [-0.39, 0.29) is 0 Å². The Morgan fingerprint density at radius 2 is 1.92 bits per heavy atom. The second kappa shape index (κ2) is 7.57. The van der Waals surface area contributed by atoms with Crippen molar-refractivity contribution in [1.82, 2.24) is 10.2 Å². The summed E-state index contributed by atoms with van der Waals surface area (Å²) in [7, 11) is 5.33. The van der Waals surface area contributed by atoms with Gasteiger partial charge in [0.15, 0.2) is 5.84 Å². The number of rotatable bonds is 2. The summed E-state index contributed by atoms with van der Waals surface area (Å²) < 4.78 is 5.43. The van der Waals surface area contributed by atoms with Crippen LogP contribution in [0.3, 0.4) is 0 Å². The third-order valence-corrected chi connectivity index (χ3v) is 4.57. The Morgan fingerprint density at radius 3 is 2.50 bits per heavy atom. The molecule has 0 radical (unpaired) electrons. The minimum Gasteiger partial charge on any atom is -0.378 e. The Bertz CT molecular complexity index is 663. The van der Waals surface area contributed by atoms with Crippen LogP contribution >= 0.6 is 0 Å². The average Bonchev–Trinajstić information content (AvgIpc) is 2.67. The van der Waals surface area contributed by atoms with Crippen molar-refractivity contribution >= 4 is 17.3 Å². The van der Waals surface area contributed by atoms with Crippen molar-refractivity contribution in [1.29, 1.82) is 0 Å². The lowest BCUT2D eigenvalue weighted by atomic mass is 9.92. The second-order valence-corrected chi connectivity index (χ2v) is 5.91. The summed E-state index contributed by atoms with van der Waals surface area (Å²) in [4.78, 5) is 15.4. The van der Waals surface area contributed by atoms with Crippen LogP contribution in [-0.2, 0) is 4.74 Å². The van der Waals surface area contributed by atoms with E-state index >= 15 is 0 Å². The summed E-state index contributed by atoms with van der Waals surface area (Å²) in [6.45, 7) is 3.56. The van der Waals surface area contributed by atoms with Gasteiger partial charge < -0.3 is 15.0 Å². The van der Waals surface area contributed by atoms with Crippen molar-refractivity contribution in [2.75, 3.05) is 47.4 Å². The van der Waals surface area contributed by atoms with Gasteiger partial charge in [0.1, 0.15) is 5.71 Å². The molecule has 3 aliphatic rings. The van der Waals surface area contributed by atoms with E-state index in [0.717, 1.165) is 55.7 Å². The normalized spacial score (nSPS) is 29.7. The third-order valence-electron chi connectivity index (χ3n) is 4.57. The molecule has 0 spiro atoms. The van der Waals surface area contributed by atoms with Crippen LogP contribution in [0.1, 0.15) is 6.42 Å². The molecule has 2 heterocycles. The van der Waals surface area contributed by atoms with Crippen LogP contribution in [-0.4, -0.2) is 69.6 Å². The molecular formula is C18H25N5O. The summed E-state index contributed by atoms with van der Waals surface area (Å²) in [5.41, 5.74) is 4.11. The van der Waals surface area contributed by atoms with Crippen LogP contribution in [0.5, 0.6) is 0 Å². The molecule has 0 bridgehead atoms. The first-order valence-electron chi connectivity index (χ1n) is 8.37. The fourth-order valence-corrected chi connectivity index (χ4v) is 3.22. The molecule has 2 aliphatic heterocycles. The van der Waals surface area contributed by atoms with Gasteiger partial charge in [-0.05, 0) is 18.6 Å². The number of ether oxygens (including phenoxy) is 1. The molecule has 0 amide bonds. The first-order valence-corrected chi connectivity index (χ1v) is 8.37. The first-order chi connectivity index (χ1) is 11.8. The van der Waals surface area contributed by atoms with E-state index < -0.39 is 0 Å². The number of nitrogens with zero attached hydrogens (tertiary/aromatic N) is 4. The van der Waals surface area contributed by atoms with Gasteiger partial charge in [-0.3, -0.25) is 15.0 Å². The fraction of sp³-hybridized carbons (Fsp3) is 0.500. The van der Waals surface area contributed by atoms with Gasteiger partial charge in [0.25, 0.3) is 0 Å². The fourth-order valence-electron chi connectivity index (χ4n) is 3.22. The van der Waals surface area contributed by atoms with Crippen molar-refractivity contribution in [3.8, 4) is 0 Å². The Labute approximate surface area is 143 Å². The lowest BCUT2D eigenvalue weighted by Crippen LogP contribution is -2.42. The molecule has 6 heteroatoms. The maximum absolute atomic E-state index is 5.43. The Hall–Kier alpha value is -2.21. The number of hydrogen-bond acceptors (Lipinski definition) is 5. The van der Waals surface area contributed by atoms with E-state index in [1.54, 1.807) is 21.1 Å². The Kier molecular flexibility index (Phi) is 5.25. The maximum Gasteiger partial charge on any atom is 0.153 e. The van der Waals surface area contributed by atoms with Gasteiger partial charge >= 0.3 is 0 Å². The van der Waals surface area contributed by atoms with Crippen LogP contribution in [0.2, 0.25) is 0 Å². The molecule has 1 atom stereocenters. The number of morpholine rings is 1. The van der Waals surface area contributed by atoms with E-state index in [9.17, 15) is 0 Å². The van der Waals surface area contributed by atoms with Gasteiger partial charge in [-0.25, -0.2) is 0 Å². The highest BCUT2D eigenvalue weighted by molar-refractivity contribution is 6.71. The summed E-state index contributed by atoms with van der Waals surface area (Å²) in [6.07, 6.45) is 9.84. The molecule has 1 unspecified atom stereocenters. The van der Waals surface area contributed by atoms with Gasteiger partial charge in [-0.15, -0.1) is 0 Å².